The van der Waals surface area contributed by atoms with Gasteiger partial charge in [-0.05, 0) is 25.1 Å². The van der Waals surface area contributed by atoms with Crippen LogP contribution in [0, 0.1) is 11.3 Å². The highest BCUT2D eigenvalue weighted by Gasteiger charge is 2.18. The molecule has 2 rings (SSSR count). The zero-order valence-electron chi connectivity index (χ0n) is 9.20. The highest BCUT2D eigenvalue weighted by molar-refractivity contribution is 6.30. The second-order valence-corrected chi connectivity index (χ2v) is 4.51. The van der Waals surface area contributed by atoms with E-state index in [4.69, 9.17) is 16.9 Å². The number of piperazine rings is 1. The van der Waals surface area contributed by atoms with Crippen LogP contribution in [0.2, 0.25) is 5.02 Å². The molecule has 0 aliphatic carbocycles. The van der Waals surface area contributed by atoms with Gasteiger partial charge in [-0.1, -0.05) is 11.6 Å². The van der Waals surface area contributed by atoms with Crippen LogP contribution in [0.5, 0.6) is 0 Å². The summed E-state index contributed by atoms with van der Waals surface area (Å²) in [6.07, 6.45) is 0. The maximum atomic E-state index is 9.07. The molecule has 0 bridgehead atoms. The van der Waals surface area contributed by atoms with Crippen LogP contribution in [-0.4, -0.2) is 25.7 Å². The van der Waals surface area contributed by atoms with Crippen molar-refractivity contribution in [1.82, 2.24) is 5.32 Å². The Morgan fingerprint density at radius 3 is 3.06 bits per heavy atom. The topological polar surface area (TPSA) is 39.1 Å². The van der Waals surface area contributed by atoms with Crippen molar-refractivity contribution in [2.75, 3.05) is 24.5 Å². The van der Waals surface area contributed by atoms with Crippen LogP contribution in [-0.2, 0) is 0 Å². The first-order valence-corrected chi connectivity index (χ1v) is 5.76. The Morgan fingerprint density at radius 1 is 1.56 bits per heavy atom. The quantitative estimate of drug-likeness (QED) is 0.810. The summed E-state index contributed by atoms with van der Waals surface area (Å²) in [5, 5.41) is 13.1. The monoisotopic (exact) mass is 235 g/mol. The second-order valence-electron chi connectivity index (χ2n) is 4.07. The summed E-state index contributed by atoms with van der Waals surface area (Å²) < 4.78 is 0. The molecule has 84 valence electrons. The summed E-state index contributed by atoms with van der Waals surface area (Å²) in [7, 11) is 0. The summed E-state index contributed by atoms with van der Waals surface area (Å²) in [5.74, 6) is 0. The summed E-state index contributed by atoms with van der Waals surface area (Å²) >= 11 is 5.98. The molecular weight excluding hydrogens is 222 g/mol. The molecule has 1 atom stereocenters. The number of benzene rings is 1. The largest absolute Gasteiger partial charge is 0.368 e. The number of anilines is 1. The summed E-state index contributed by atoms with van der Waals surface area (Å²) in [6.45, 7) is 4.91. The van der Waals surface area contributed by atoms with E-state index < -0.39 is 0 Å². The average Bonchev–Trinajstić information content (AvgIpc) is 2.29. The molecule has 16 heavy (non-hydrogen) atoms. The van der Waals surface area contributed by atoms with Gasteiger partial charge in [-0.3, -0.25) is 0 Å². The van der Waals surface area contributed by atoms with Crippen molar-refractivity contribution in [1.29, 1.82) is 5.26 Å². The van der Waals surface area contributed by atoms with Crippen molar-refractivity contribution >= 4 is 17.3 Å². The molecule has 1 aliphatic heterocycles. The third-order valence-corrected chi connectivity index (χ3v) is 3.02. The number of halogens is 1. The maximum Gasteiger partial charge on any atom is 0.101 e. The Morgan fingerprint density at radius 2 is 2.38 bits per heavy atom. The molecule has 0 spiro atoms. The average molecular weight is 236 g/mol. The molecule has 1 fully saturated rings. The van der Waals surface area contributed by atoms with Gasteiger partial charge in [0.05, 0.1) is 11.3 Å². The first-order valence-electron chi connectivity index (χ1n) is 5.38. The van der Waals surface area contributed by atoms with E-state index in [-0.39, 0.29) is 0 Å². The Balaban J connectivity index is 2.31. The lowest BCUT2D eigenvalue weighted by Gasteiger charge is -2.34. The fraction of sp³-hybridized carbons (Fsp3) is 0.417. The first-order chi connectivity index (χ1) is 7.70. The van der Waals surface area contributed by atoms with Crippen LogP contribution in [0.15, 0.2) is 18.2 Å². The normalized spacial score (nSPS) is 20.6. The van der Waals surface area contributed by atoms with E-state index in [1.54, 1.807) is 12.1 Å². The summed E-state index contributed by atoms with van der Waals surface area (Å²) in [4.78, 5) is 2.21. The molecule has 0 radical (unpaired) electrons. The van der Waals surface area contributed by atoms with Gasteiger partial charge in [-0.15, -0.1) is 0 Å². The van der Waals surface area contributed by atoms with Gasteiger partial charge in [-0.2, -0.15) is 5.26 Å². The van der Waals surface area contributed by atoms with Crippen molar-refractivity contribution in [3.05, 3.63) is 28.8 Å². The molecule has 1 aromatic rings. The zero-order valence-corrected chi connectivity index (χ0v) is 9.96. The molecule has 0 amide bonds. The lowest BCUT2D eigenvalue weighted by atomic mass is 10.1. The molecule has 0 aromatic heterocycles. The highest BCUT2D eigenvalue weighted by atomic mass is 35.5. The van der Waals surface area contributed by atoms with Crippen LogP contribution in [0.25, 0.3) is 0 Å². The minimum absolute atomic E-state index is 0.444. The van der Waals surface area contributed by atoms with Crippen molar-refractivity contribution in [2.24, 2.45) is 0 Å². The Labute approximate surface area is 101 Å². The first kappa shape index (κ1) is 11.3. The van der Waals surface area contributed by atoms with Crippen LogP contribution >= 0.6 is 11.6 Å². The molecule has 1 saturated heterocycles. The van der Waals surface area contributed by atoms with Crippen LogP contribution in [0.3, 0.4) is 0 Å². The van der Waals surface area contributed by atoms with Crippen molar-refractivity contribution in [3.63, 3.8) is 0 Å². The van der Waals surface area contributed by atoms with Gasteiger partial charge in [0.1, 0.15) is 6.07 Å². The zero-order chi connectivity index (χ0) is 11.5. The van der Waals surface area contributed by atoms with E-state index in [9.17, 15) is 0 Å². The number of nitrogens with one attached hydrogen (secondary N) is 1. The predicted molar refractivity (Wildman–Crippen MR) is 65.8 cm³/mol. The molecule has 1 unspecified atom stereocenters. The maximum absolute atomic E-state index is 9.07. The summed E-state index contributed by atoms with van der Waals surface area (Å²) in [6, 6.07) is 8.07. The molecule has 1 aromatic carbocycles. The number of rotatable bonds is 1. The standard InChI is InChI=1S/C12H14ClN3/c1-9-8-16(5-4-15-9)12-6-11(13)3-2-10(12)7-14/h2-3,6,9,15H,4-5,8H2,1H3. The lowest BCUT2D eigenvalue weighted by Crippen LogP contribution is -2.49. The third kappa shape index (κ3) is 2.29. The van der Waals surface area contributed by atoms with Crippen LogP contribution in [0.1, 0.15) is 12.5 Å². The lowest BCUT2D eigenvalue weighted by molar-refractivity contribution is 0.484. The number of nitriles is 1. The molecule has 4 heteroatoms. The van der Waals surface area contributed by atoms with Crippen molar-refractivity contribution < 1.29 is 0 Å². The smallest absolute Gasteiger partial charge is 0.101 e. The molecule has 3 nitrogen and oxygen atoms in total. The van der Waals surface area contributed by atoms with Crippen LogP contribution < -0.4 is 10.2 Å². The highest BCUT2D eigenvalue weighted by Crippen LogP contribution is 2.25. The Bertz CT molecular complexity index is 425. The Hall–Kier alpha value is -1.24. The van der Waals surface area contributed by atoms with E-state index in [0.29, 0.717) is 16.6 Å². The minimum Gasteiger partial charge on any atom is -0.368 e. The molecule has 1 heterocycles. The van der Waals surface area contributed by atoms with E-state index >= 15 is 0 Å². The van der Waals surface area contributed by atoms with Gasteiger partial charge in [0.25, 0.3) is 0 Å². The molecule has 0 saturated carbocycles. The number of hydrogen-bond donors (Lipinski definition) is 1. The van der Waals surface area contributed by atoms with Crippen LogP contribution in [0.4, 0.5) is 5.69 Å². The Kier molecular flexibility index (Phi) is 3.33. The van der Waals surface area contributed by atoms with Crippen molar-refractivity contribution in [2.45, 2.75) is 13.0 Å². The van der Waals surface area contributed by atoms with E-state index in [1.807, 2.05) is 6.07 Å². The van der Waals surface area contributed by atoms with Crippen molar-refractivity contribution in [3.8, 4) is 6.07 Å². The SMILES string of the molecule is CC1CN(c2cc(Cl)ccc2C#N)CCN1. The van der Waals surface area contributed by atoms with Gasteiger partial charge < -0.3 is 10.2 Å². The summed E-state index contributed by atoms with van der Waals surface area (Å²) in [5.41, 5.74) is 1.64. The van der Waals surface area contributed by atoms with Gasteiger partial charge in [0, 0.05) is 30.7 Å². The number of hydrogen-bond acceptors (Lipinski definition) is 3. The van der Waals surface area contributed by atoms with Gasteiger partial charge >= 0.3 is 0 Å². The fourth-order valence-corrected chi connectivity index (χ4v) is 2.18. The molecule has 1 aliphatic rings. The fourth-order valence-electron chi connectivity index (χ4n) is 2.01. The van der Waals surface area contributed by atoms with Gasteiger partial charge in [0.15, 0.2) is 0 Å². The third-order valence-electron chi connectivity index (χ3n) is 2.79. The van der Waals surface area contributed by atoms with Gasteiger partial charge in [-0.25, -0.2) is 0 Å². The van der Waals surface area contributed by atoms with E-state index in [2.05, 4.69) is 23.2 Å². The minimum atomic E-state index is 0.444. The van der Waals surface area contributed by atoms with E-state index in [1.165, 1.54) is 0 Å². The molecular formula is C12H14ClN3. The van der Waals surface area contributed by atoms with E-state index in [0.717, 1.165) is 25.3 Å². The second kappa shape index (κ2) is 4.73. The predicted octanol–water partition coefficient (Wildman–Crippen LogP) is 2.01. The molecule has 1 N–H and O–H groups in total. The van der Waals surface area contributed by atoms with Gasteiger partial charge in [0.2, 0.25) is 0 Å². The number of nitrogens with zero attached hydrogens (tertiary/aromatic N) is 2.